The summed E-state index contributed by atoms with van der Waals surface area (Å²) in [6, 6.07) is -0.812. The summed E-state index contributed by atoms with van der Waals surface area (Å²) in [4.78, 5) is 12.4. The zero-order valence-electron chi connectivity index (χ0n) is 34.0. The number of carbonyl (C=O) groups excluding carboxylic acids is 1. The Bertz CT molecular complexity index is 794. The molecule has 5 nitrogen and oxygen atoms in total. The van der Waals surface area contributed by atoms with Gasteiger partial charge in [0.25, 0.3) is 0 Å². The quantitative estimate of drug-likeness (QED) is 0.0375. The molecule has 0 aromatic carbocycles. The van der Waals surface area contributed by atoms with E-state index in [-0.39, 0.29) is 6.61 Å². The van der Waals surface area contributed by atoms with Gasteiger partial charge in [0.2, 0.25) is 5.91 Å². The van der Waals surface area contributed by atoms with Crippen molar-refractivity contribution in [2.75, 3.05) is 6.61 Å². The van der Waals surface area contributed by atoms with Gasteiger partial charge < -0.3 is 20.6 Å². The lowest BCUT2D eigenvalue weighted by atomic mass is 10.0. The number of allylic oxidation sites excluding steroid dienone is 5. The third kappa shape index (κ3) is 36.7. The van der Waals surface area contributed by atoms with Crippen LogP contribution in [0.2, 0.25) is 0 Å². The van der Waals surface area contributed by atoms with Crippen LogP contribution in [-0.4, -0.2) is 46.1 Å². The Labute approximate surface area is 317 Å². The standard InChI is InChI=1S/C46H87NO4/c1-3-5-7-9-11-13-15-16-17-18-19-20-21-22-23-24-25-26-27-28-29-30-31-33-35-37-39-41-45(50)46(51)47-43(42-48)44(49)40-38-36-34-32-14-12-10-8-6-4-2/h14,22-23,32,38,40,43-45,48-50H,3-13,15-21,24-31,33-37,39,41-42H2,1-2H3,(H,47,51)/b23-22-,32-14+,40-38+. The zero-order valence-corrected chi connectivity index (χ0v) is 34.0. The van der Waals surface area contributed by atoms with Crippen molar-refractivity contribution in [1.29, 1.82) is 0 Å². The van der Waals surface area contributed by atoms with Crippen LogP contribution >= 0.6 is 0 Å². The average Bonchev–Trinajstić information content (AvgIpc) is 3.13. The predicted molar refractivity (Wildman–Crippen MR) is 222 cm³/mol. The topological polar surface area (TPSA) is 89.8 Å². The lowest BCUT2D eigenvalue weighted by molar-refractivity contribution is -0.131. The molecule has 5 heteroatoms. The molecule has 0 aliphatic rings. The average molecular weight is 718 g/mol. The van der Waals surface area contributed by atoms with E-state index in [0.29, 0.717) is 6.42 Å². The molecular formula is C46H87NO4. The molecule has 0 bridgehead atoms. The molecule has 0 rings (SSSR count). The van der Waals surface area contributed by atoms with E-state index >= 15 is 0 Å². The van der Waals surface area contributed by atoms with Crippen molar-refractivity contribution in [3.05, 3.63) is 36.5 Å². The fraction of sp³-hybridized carbons (Fsp3) is 0.848. The smallest absolute Gasteiger partial charge is 0.249 e. The Morgan fingerprint density at radius 3 is 1.22 bits per heavy atom. The van der Waals surface area contributed by atoms with E-state index in [1.807, 2.05) is 6.08 Å². The monoisotopic (exact) mass is 718 g/mol. The van der Waals surface area contributed by atoms with Gasteiger partial charge in [-0.3, -0.25) is 4.79 Å². The summed E-state index contributed by atoms with van der Waals surface area (Å²) in [7, 11) is 0. The Morgan fingerprint density at radius 1 is 0.471 bits per heavy atom. The maximum atomic E-state index is 12.4. The van der Waals surface area contributed by atoms with E-state index in [4.69, 9.17) is 0 Å². The molecule has 3 unspecified atom stereocenters. The van der Waals surface area contributed by atoms with Crippen molar-refractivity contribution < 1.29 is 20.1 Å². The largest absolute Gasteiger partial charge is 0.394 e. The van der Waals surface area contributed by atoms with Crippen LogP contribution in [0.3, 0.4) is 0 Å². The second-order valence-electron chi connectivity index (χ2n) is 15.2. The number of nitrogens with one attached hydrogen (secondary N) is 1. The Hall–Kier alpha value is -1.43. The van der Waals surface area contributed by atoms with Gasteiger partial charge >= 0.3 is 0 Å². The molecule has 0 radical (unpaired) electrons. The third-order valence-corrected chi connectivity index (χ3v) is 10.2. The summed E-state index contributed by atoms with van der Waals surface area (Å²) in [5, 5.41) is 33.0. The number of carbonyl (C=O) groups is 1. The maximum Gasteiger partial charge on any atom is 0.249 e. The number of aliphatic hydroxyl groups is 3. The van der Waals surface area contributed by atoms with E-state index in [0.717, 1.165) is 38.5 Å². The summed E-state index contributed by atoms with van der Waals surface area (Å²) in [5.74, 6) is -0.515. The number of aliphatic hydroxyl groups excluding tert-OH is 3. The van der Waals surface area contributed by atoms with Crippen molar-refractivity contribution in [2.24, 2.45) is 0 Å². The van der Waals surface area contributed by atoms with Crippen molar-refractivity contribution >= 4 is 5.91 Å². The van der Waals surface area contributed by atoms with Crippen molar-refractivity contribution in [2.45, 2.75) is 244 Å². The number of hydrogen-bond acceptors (Lipinski definition) is 4. The van der Waals surface area contributed by atoms with Crippen LogP contribution in [0.5, 0.6) is 0 Å². The van der Waals surface area contributed by atoms with Gasteiger partial charge in [-0.2, -0.15) is 0 Å². The highest BCUT2D eigenvalue weighted by molar-refractivity contribution is 5.80. The van der Waals surface area contributed by atoms with Gasteiger partial charge in [-0.1, -0.05) is 204 Å². The predicted octanol–water partition coefficient (Wildman–Crippen LogP) is 12.8. The fourth-order valence-electron chi connectivity index (χ4n) is 6.67. The summed E-state index contributed by atoms with van der Waals surface area (Å²) in [5.41, 5.74) is 0. The first-order chi connectivity index (χ1) is 25.1. The molecule has 0 aliphatic carbocycles. The highest BCUT2D eigenvalue weighted by atomic mass is 16.3. The van der Waals surface area contributed by atoms with Gasteiger partial charge in [-0.25, -0.2) is 0 Å². The van der Waals surface area contributed by atoms with Crippen LogP contribution in [-0.2, 0) is 4.79 Å². The van der Waals surface area contributed by atoms with Gasteiger partial charge in [0.1, 0.15) is 6.10 Å². The summed E-state index contributed by atoms with van der Waals surface area (Å²) >= 11 is 0. The molecule has 0 saturated heterocycles. The summed E-state index contributed by atoms with van der Waals surface area (Å²) in [6.45, 7) is 4.13. The van der Waals surface area contributed by atoms with Crippen LogP contribution in [0, 0.1) is 0 Å². The second kappa shape index (κ2) is 41.3. The first-order valence-electron chi connectivity index (χ1n) is 22.3. The number of amides is 1. The molecule has 0 heterocycles. The molecule has 0 aromatic heterocycles. The minimum Gasteiger partial charge on any atom is -0.394 e. The van der Waals surface area contributed by atoms with Crippen LogP contribution in [0.25, 0.3) is 0 Å². The molecule has 4 N–H and O–H groups in total. The van der Waals surface area contributed by atoms with E-state index in [1.165, 1.54) is 167 Å². The first-order valence-corrected chi connectivity index (χ1v) is 22.3. The normalized spacial score (nSPS) is 13.9. The second-order valence-corrected chi connectivity index (χ2v) is 15.2. The summed E-state index contributed by atoms with van der Waals surface area (Å²) in [6.07, 6.45) is 52.0. The molecule has 0 aliphatic heterocycles. The minimum atomic E-state index is -1.10. The Kier molecular flexibility index (Phi) is 40.2. The molecule has 51 heavy (non-hydrogen) atoms. The summed E-state index contributed by atoms with van der Waals surface area (Å²) < 4.78 is 0. The van der Waals surface area contributed by atoms with E-state index in [9.17, 15) is 20.1 Å². The fourth-order valence-corrected chi connectivity index (χ4v) is 6.67. The molecule has 0 fully saturated rings. The minimum absolute atomic E-state index is 0.376. The van der Waals surface area contributed by atoms with Gasteiger partial charge in [-0.05, 0) is 57.8 Å². The van der Waals surface area contributed by atoms with E-state index < -0.39 is 24.2 Å². The van der Waals surface area contributed by atoms with E-state index in [2.05, 4.69) is 43.5 Å². The molecule has 1 amide bonds. The SMILES string of the molecule is CCCCCC/C=C/CC/C=C/C(O)C(CO)NC(=O)C(O)CCCCCCCCCCCCC/C=C\CCCCCCCCCCCCCC. The first kappa shape index (κ1) is 49.6. The molecule has 0 saturated carbocycles. The molecular weight excluding hydrogens is 631 g/mol. The van der Waals surface area contributed by atoms with Gasteiger partial charge in [0.15, 0.2) is 0 Å². The number of unbranched alkanes of at least 4 members (excludes halogenated alkanes) is 28. The van der Waals surface area contributed by atoms with E-state index in [1.54, 1.807) is 6.08 Å². The Balaban J connectivity index is 3.58. The molecule has 0 aromatic rings. The highest BCUT2D eigenvalue weighted by Crippen LogP contribution is 2.15. The molecule has 3 atom stereocenters. The molecule has 0 spiro atoms. The van der Waals surface area contributed by atoms with Crippen LogP contribution in [0.1, 0.15) is 226 Å². The van der Waals surface area contributed by atoms with Crippen LogP contribution in [0.4, 0.5) is 0 Å². The Morgan fingerprint density at radius 2 is 0.804 bits per heavy atom. The molecule has 300 valence electrons. The third-order valence-electron chi connectivity index (χ3n) is 10.2. The van der Waals surface area contributed by atoms with Crippen molar-refractivity contribution in [1.82, 2.24) is 5.32 Å². The van der Waals surface area contributed by atoms with Crippen molar-refractivity contribution in [3.8, 4) is 0 Å². The van der Waals surface area contributed by atoms with Gasteiger partial charge in [0, 0.05) is 0 Å². The van der Waals surface area contributed by atoms with Crippen LogP contribution in [0.15, 0.2) is 36.5 Å². The van der Waals surface area contributed by atoms with Gasteiger partial charge in [0.05, 0.1) is 18.8 Å². The van der Waals surface area contributed by atoms with Crippen LogP contribution < -0.4 is 5.32 Å². The highest BCUT2D eigenvalue weighted by Gasteiger charge is 2.22. The number of rotatable bonds is 40. The lowest BCUT2D eigenvalue weighted by Gasteiger charge is -2.21. The van der Waals surface area contributed by atoms with Crippen molar-refractivity contribution in [3.63, 3.8) is 0 Å². The maximum absolute atomic E-state index is 12.4. The van der Waals surface area contributed by atoms with Gasteiger partial charge in [-0.15, -0.1) is 0 Å². The number of hydrogen-bond donors (Lipinski definition) is 4. The zero-order chi connectivity index (χ0) is 37.3. The lowest BCUT2D eigenvalue weighted by Crippen LogP contribution is -2.48.